The van der Waals surface area contributed by atoms with Crippen LogP contribution in [-0.2, 0) is 45.4 Å². The molecule has 4 heterocycles. The number of aromatic nitrogens is 8. The van der Waals surface area contributed by atoms with Crippen LogP contribution >= 0.6 is 30.8 Å². The third kappa shape index (κ3) is 11.5. The van der Waals surface area contributed by atoms with E-state index in [-0.39, 0.29) is 34.1 Å². The van der Waals surface area contributed by atoms with Gasteiger partial charge in [-0.05, 0) is 0 Å². The Morgan fingerprint density at radius 3 is 1.69 bits per heavy atom. The Balaban J connectivity index is 1.31. The van der Waals surface area contributed by atoms with Gasteiger partial charge < -0.3 is 79.1 Å². The van der Waals surface area contributed by atoms with Crippen molar-refractivity contribution in [3.63, 3.8) is 0 Å². The second-order valence-corrected chi connectivity index (χ2v) is 17.7. The lowest BCUT2D eigenvalue weighted by molar-refractivity contribution is -0.236. The third-order valence-electron chi connectivity index (χ3n) is 6.51. The number of phosphoric acid groups is 2. The molecule has 0 spiro atoms. The van der Waals surface area contributed by atoms with E-state index in [9.17, 15) is 63.1 Å². The van der Waals surface area contributed by atoms with Crippen LogP contribution in [-0.4, -0.2) is 117 Å². The number of aliphatic hydroxyl groups excluding tert-OH is 4. The number of phosphoric ester groups is 2. The number of imidazole rings is 2. The molecule has 4 rings (SSSR count). The summed E-state index contributed by atoms with van der Waals surface area (Å²) in [5, 5.41) is 38.9. The Bertz CT molecular complexity index is 2170. The molecule has 302 valence electrons. The molecule has 0 aliphatic rings. The van der Waals surface area contributed by atoms with Gasteiger partial charge in [0.25, 0.3) is 21.2 Å². The Kier molecular flexibility index (Phi) is 14.3. The molecule has 0 fully saturated rings. The second-order valence-electron chi connectivity index (χ2n) is 10.5. The summed E-state index contributed by atoms with van der Waals surface area (Å²) in [4.78, 5) is 82.6. The predicted octanol–water partition coefficient (Wildman–Crippen LogP) is -5.07. The van der Waals surface area contributed by atoms with Gasteiger partial charge in [0.15, 0.2) is 50.3 Å². The molecule has 4 unspecified atom stereocenters. The van der Waals surface area contributed by atoms with Gasteiger partial charge in [-0.15, -0.1) is 0 Å². The van der Waals surface area contributed by atoms with Crippen molar-refractivity contribution in [1.82, 2.24) is 39.0 Å². The van der Waals surface area contributed by atoms with Crippen molar-refractivity contribution < 1.29 is 85.4 Å². The number of hydrogen-bond donors (Lipinski definition) is 7. The van der Waals surface area contributed by atoms with E-state index in [4.69, 9.17) is 20.9 Å². The summed E-state index contributed by atoms with van der Waals surface area (Å²) in [6.45, 7) is -6.03. The molecule has 33 heteroatoms. The number of hydrogen-bond acceptors (Lipinski definition) is 26. The van der Waals surface area contributed by atoms with Gasteiger partial charge in [-0.3, -0.25) is 36.7 Å². The number of aliphatic hydroxyl groups is 4. The first-order valence-corrected chi connectivity index (χ1v) is 20.9. The quantitative estimate of drug-likeness (QED) is 0.0364. The van der Waals surface area contributed by atoms with Gasteiger partial charge in [-0.2, -0.15) is 4.98 Å². The number of nitrogens with zero attached hydrogens (tertiary/aromatic N) is 7. The van der Waals surface area contributed by atoms with Crippen LogP contribution in [0.5, 0.6) is 0 Å². The van der Waals surface area contributed by atoms with Gasteiger partial charge in [0.05, 0.1) is 58.2 Å². The van der Waals surface area contributed by atoms with Crippen molar-refractivity contribution in [2.45, 2.75) is 24.7 Å². The normalized spacial score (nSPS) is 19.0. The lowest BCUT2D eigenvalue weighted by atomic mass is 10.4. The molecule has 0 aromatic carbocycles. The van der Waals surface area contributed by atoms with E-state index in [1.165, 1.54) is 0 Å². The minimum Gasteiger partial charge on any atom is -0.778 e. The smallest absolute Gasteiger partial charge is 0.280 e. The molecule has 0 saturated carbocycles. The van der Waals surface area contributed by atoms with Crippen LogP contribution in [0.25, 0.3) is 22.3 Å². The van der Waals surface area contributed by atoms with E-state index in [1.807, 2.05) is 0 Å². The summed E-state index contributed by atoms with van der Waals surface area (Å²) < 4.78 is 78.5. The summed E-state index contributed by atoms with van der Waals surface area (Å²) >= 11 is 0. The largest absolute Gasteiger partial charge is 0.778 e. The van der Waals surface area contributed by atoms with Gasteiger partial charge >= 0.3 is 0 Å². The second kappa shape index (κ2) is 17.8. The number of H-pyrrole nitrogens is 1. The number of aromatic amines is 1. The summed E-state index contributed by atoms with van der Waals surface area (Å²) in [7, 11) is -24.2. The Morgan fingerprint density at radius 2 is 1.20 bits per heavy atom. The maximum Gasteiger partial charge on any atom is 0.280 e. The highest BCUT2D eigenvalue weighted by atomic mass is 31.3. The lowest BCUT2D eigenvalue weighted by Crippen LogP contribution is -2.31. The van der Waals surface area contributed by atoms with Gasteiger partial charge in [0.1, 0.15) is 24.1 Å². The fourth-order valence-electron chi connectivity index (χ4n) is 4.31. The SMILES string of the molecule is Nc1nc2c(ncn2[C@@H](CO)O[C@@H](CO)COP(=O)([O-])OP(=O)([O-])CP(=O)([O-])OP(=O)([O-])OC[C@H](CO)O[C@H](CO)n2cnc3c(N)ncnc32)c(=O)[nH]1. The van der Waals surface area contributed by atoms with Crippen molar-refractivity contribution in [1.29, 1.82) is 0 Å². The monoisotopic (exact) mass is 850 g/mol. The molecular formula is C21H30N10O19P4-4. The van der Waals surface area contributed by atoms with Crippen molar-refractivity contribution in [3.05, 3.63) is 29.3 Å². The van der Waals surface area contributed by atoms with Crippen molar-refractivity contribution in [3.8, 4) is 0 Å². The highest BCUT2D eigenvalue weighted by molar-refractivity contribution is 7.75. The number of nitrogens with two attached hydrogens (primary N) is 2. The molecule has 0 amide bonds. The Labute approximate surface area is 300 Å². The highest BCUT2D eigenvalue weighted by Gasteiger charge is 2.30. The number of anilines is 2. The maximum absolute atomic E-state index is 12.3. The van der Waals surface area contributed by atoms with Gasteiger partial charge in [0.2, 0.25) is 5.95 Å². The fraction of sp³-hybridized carbons (Fsp3) is 0.524. The van der Waals surface area contributed by atoms with E-state index < -0.39 is 107 Å². The van der Waals surface area contributed by atoms with Crippen LogP contribution in [0.1, 0.15) is 12.5 Å². The van der Waals surface area contributed by atoms with Crippen LogP contribution in [0.3, 0.4) is 0 Å². The first-order valence-electron chi connectivity index (χ1n) is 14.6. The zero-order chi connectivity index (χ0) is 40.1. The zero-order valence-corrected chi connectivity index (χ0v) is 30.6. The molecule has 4 aromatic rings. The lowest BCUT2D eigenvalue weighted by Gasteiger charge is -2.37. The number of fused-ring (bicyclic) bond motifs is 2. The van der Waals surface area contributed by atoms with E-state index in [2.05, 4.69) is 47.6 Å². The standard InChI is InChI=1S/C21H34N10O19P4/c22-17-15-18(25-7-24-17)30(8-26-15)13(3-34)47-11(1-32)5-45-53(41,42)49-51(37,38)10-52(39,40)50-54(43,44)46-6-12(2-33)48-14(4-35)31-9-27-16-19(31)28-21(23)29-20(16)36/h7-9,11-14,32-35H,1-6,10H2,(H,37,38)(H,39,40)(H,41,42)(H,43,44)(H2,22,24,25)(H3,23,28,29,36)/p-4/t11-,12-,13+,14+/m0/s1. The number of nitrogen functional groups attached to an aromatic ring is 2. The van der Waals surface area contributed by atoms with E-state index in [0.29, 0.717) is 0 Å². The predicted molar refractivity (Wildman–Crippen MR) is 168 cm³/mol. The third-order valence-corrected chi connectivity index (χ3v) is 13.8. The minimum absolute atomic E-state index is 0.0258. The number of rotatable bonds is 22. The first-order chi connectivity index (χ1) is 25.2. The molecule has 54 heavy (non-hydrogen) atoms. The van der Waals surface area contributed by atoms with E-state index >= 15 is 0 Å². The Hall–Kier alpha value is -3.14. The molecule has 0 radical (unpaired) electrons. The van der Waals surface area contributed by atoms with Gasteiger partial charge in [-0.25, -0.2) is 19.9 Å². The fourth-order valence-corrected chi connectivity index (χ4v) is 10.9. The maximum atomic E-state index is 12.3. The summed E-state index contributed by atoms with van der Waals surface area (Å²) in [5.74, 6) is -2.73. The zero-order valence-electron chi connectivity index (χ0n) is 27.0. The number of ether oxygens (including phenoxy) is 2. The summed E-state index contributed by atoms with van der Waals surface area (Å²) in [6.07, 6.45) is -2.96. The van der Waals surface area contributed by atoms with E-state index in [1.54, 1.807) is 0 Å². The highest BCUT2D eigenvalue weighted by Crippen LogP contribution is 2.65. The van der Waals surface area contributed by atoms with Crippen LogP contribution < -0.4 is 36.6 Å². The molecule has 0 saturated heterocycles. The first kappa shape index (κ1) is 43.6. The summed E-state index contributed by atoms with van der Waals surface area (Å²) in [6, 6.07) is 0. The molecule has 29 nitrogen and oxygen atoms in total. The average molecular weight is 850 g/mol. The molecular weight excluding hydrogens is 820 g/mol. The van der Waals surface area contributed by atoms with Crippen LogP contribution in [0, 0.1) is 0 Å². The summed E-state index contributed by atoms with van der Waals surface area (Å²) in [5.41, 5.74) is 10.2. The molecule has 9 N–H and O–H groups in total. The van der Waals surface area contributed by atoms with E-state index in [0.717, 1.165) is 28.1 Å². The Morgan fingerprint density at radius 1 is 0.722 bits per heavy atom. The van der Waals surface area contributed by atoms with Gasteiger partial charge in [-0.1, -0.05) is 0 Å². The van der Waals surface area contributed by atoms with Crippen molar-refractivity contribution in [2.75, 3.05) is 57.0 Å². The molecule has 0 aliphatic carbocycles. The van der Waals surface area contributed by atoms with Crippen molar-refractivity contribution >= 4 is 64.9 Å². The van der Waals surface area contributed by atoms with Crippen LogP contribution in [0.2, 0.25) is 0 Å². The van der Waals surface area contributed by atoms with Crippen LogP contribution in [0.15, 0.2) is 23.8 Å². The molecule has 0 bridgehead atoms. The van der Waals surface area contributed by atoms with Crippen molar-refractivity contribution in [2.24, 2.45) is 0 Å². The number of nitrogens with one attached hydrogen (secondary N) is 1. The topological polar surface area (TPSA) is 456 Å². The molecule has 4 aromatic heterocycles. The molecule has 0 aliphatic heterocycles. The van der Waals surface area contributed by atoms with Gasteiger partial charge in [0, 0.05) is 0 Å². The average Bonchev–Trinajstić information content (AvgIpc) is 3.69. The molecule has 8 atom stereocenters. The minimum atomic E-state index is -6.11. The van der Waals surface area contributed by atoms with Crippen LogP contribution in [0.4, 0.5) is 11.8 Å².